The highest BCUT2D eigenvalue weighted by Crippen LogP contribution is 2.20. The van der Waals surface area contributed by atoms with Gasteiger partial charge in [0, 0.05) is 18.8 Å². The molecule has 20 heavy (non-hydrogen) atoms. The number of hydrogen-bond acceptors (Lipinski definition) is 4. The van der Waals surface area contributed by atoms with E-state index in [2.05, 4.69) is 11.8 Å². The summed E-state index contributed by atoms with van der Waals surface area (Å²) >= 11 is 0. The second kappa shape index (κ2) is 7.91. The minimum Gasteiger partial charge on any atom is -0.497 e. The van der Waals surface area contributed by atoms with Gasteiger partial charge in [0.1, 0.15) is 12.4 Å². The van der Waals surface area contributed by atoms with Gasteiger partial charge in [-0.05, 0) is 36.6 Å². The number of ether oxygens (including phenoxy) is 3. The molecule has 1 fully saturated rings. The van der Waals surface area contributed by atoms with Crippen molar-refractivity contribution in [3.63, 3.8) is 0 Å². The van der Waals surface area contributed by atoms with Crippen molar-refractivity contribution in [1.82, 2.24) is 0 Å². The van der Waals surface area contributed by atoms with E-state index in [1.54, 1.807) is 7.11 Å². The summed E-state index contributed by atoms with van der Waals surface area (Å²) in [6.45, 7) is 1.88. The molecule has 0 bridgehead atoms. The highest BCUT2D eigenvalue weighted by Gasteiger charge is 2.15. The van der Waals surface area contributed by atoms with Crippen LogP contribution >= 0.6 is 0 Å². The zero-order valence-corrected chi connectivity index (χ0v) is 11.7. The summed E-state index contributed by atoms with van der Waals surface area (Å²) in [5.41, 5.74) is 1.85. The lowest BCUT2D eigenvalue weighted by molar-refractivity contribution is -0.0391. The van der Waals surface area contributed by atoms with Gasteiger partial charge in [-0.2, -0.15) is 0 Å². The molecule has 4 nitrogen and oxygen atoms in total. The van der Waals surface area contributed by atoms with E-state index in [1.165, 1.54) is 0 Å². The predicted octanol–water partition coefficient (Wildman–Crippen LogP) is 1.73. The molecule has 1 aromatic carbocycles. The van der Waals surface area contributed by atoms with Crippen LogP contribution in [0.5, 0.6) is 5.75 Å². The SMILES string of the molecule is COc1ccc(C#CCO)c(COC2CCOCC2)c1. The summed E-state index contributed by atoms with van der Waals surface area (Å²) in [4.78, 5) is 0. The minimum absolute atomic E-state index is 0.147. The molecule has 1 saturated heterocycles. The maximum Gasteiger partial charge on any atom is 0.119 e. The first kappa shape index (κ1) is 14.9. The van der Waals surface area contributed by atoms with E-state index < -0.39 is 0 Å². The van der Waals surface area contributed by atoms with Crippen molar-refractivity contribution in [3.8, 4) is 17.6 Å². The number of aliphatic hydroxyl groups excluding tert-OH is 1. The predicted molar refractivity (Wildman–Crippen MR) is 75.6 cm³/mol. The fraction of sp³-hybridized carbons (Fsp3) is 0.500. The Morgan fingerprint density at radius 2 is 2.15 bits per heavy atom. The maximum absolute atomic E-state index is 8.81. The van der Waals surface area contributed by atoms with Gasteiger partial charge in [0.2, 0.25) is 0 Å². The van der Waals surface area contributed by atoms with Crippen LogP contribution in [-0.4, -0.2) is 38.1 Å². The topological polar surface area (TPSA) is 47.9 Å². The monoisotopic (exact) mass is 276 g/mol. The maximum atomic E-state index is 8.81. The Kier molecular flexibility index (Phi) is 5.87. The summed E-state index contributed by atoms with van der Waals surface area (Å²) in [6.07, 6.45) is 2.11. The van der Waals surface area contributed by atoms with Crippen molar-refractivity contribution in [2.24, 2.45) is 0 Å². The smallest absolute Gasteiger partial charge is 0.119 e. The highest BCUT2D eigenvalue weighted by molar-refractivity contribution is 5.45. The third-order valence-electron chi connectivity index (χ3n) is 3.26. The first-order valence-electron chi connectivity index (χ1n) is 6.79. The number of benzene rings is 1. The molecule has 1 aliphatic rings. The average Bonchev–Trinajstić information content (AvgIpc) is 2.52. The molecule has 1 aliphatic heterocycles. The normalized spacial score (nSPS) is 15.5. The Balaban J connectivity index is 2.06. The lowest BCUT2D eigenvalue weighted by atomic mass is 10.1. The third-order valence-corrected chi connectivity index (χ3v) is 3.26. The van der Waals surface area contributed by atoms with Crippen LogP contribution in [0.15, 0.2) is 18.2 Å². The number of rotatable bonds is 4. The van der Waals surface area contributed by atoms with Gasteiger partial charge in [0.25, 0.3) is 0 Å². The van der Waals surface area contributed by atoms with E-state index in [9.17, 15) is 0 Å². The van der Waals surface area contributed by atoms with Crippen LogP contribution in [0.3, 0.4) is 0 Å². The van der Waals surface area contributed by atoms with E-state index >= 15 is 0 Å². The van der Waals surface area contributed by atoms with Crippen LogP contribution < -0.4 is 4.74 Å². The number of methoxy groups -OCH3 is 1. The summed E-state index contributed by atoms with van der Waals surface area (Å²) < 4.78 is 16.5. The molecule has 0 aromatic heterocycles. The van der Waals surface area contributed by atoms with E-state index in [0.717, 1.165) is 42.9 Å². The average molecular weight is 276 g/mol. The standard InChI is InChI=1S/C16H20O4/c1-18-16-5-4-13(3-2-8-17)14(11-16)12-20-15-6-9-19-10-7-15/h4-5,11,15,17H,6-10,12H2,1H3. The molecule has 1 heterocycles. The fourth-order valence-corrected chi connectivity index (χ4v) is 2.12. The quantitative estimate of drug-likeness (QED) is 0.851. The fourth-order valence-electron chi connectivity index (χ4n) is 2.12. The lowest BCUT2D eigenvalue weighted by Crippen LogP contribution is -2.23. The lowest BCUT2D eigenvalue weighted by Gasteiger charge is -2.22. The van der Waals surface area contributed by atoms with Gasteiger partial charge in [0.15, 0.2) is 0 Å². The summed E-state index contributed by atoms with van der Waals surface area (Å²) in [5, 5.41) is 8.81. The van der Waals surface area contributed by atoms with Crippen LogP contribution in [0.1, 0.15) is 24.0 Å². The van der Waals surface area contributed by atoms with Gasteiger partial charge < -0.3 is 19.3 Å². The van der Waals surface area contributed by atoms with Crippen LogP contribution in [0.4, 0.5) is 0 Å². The van der Waals surface area contributed by atoms with Crippen molar-refractivity contribution in [2.45, 2.75) is 25.6 Å². The molecular weight excluding hydrogens is 256 g/mol. The van der Waals surface area contributed by atoms with Gasteiger partial charge in [-0.1, -0.05) is 11.8 Å². The van der Waals surface area contributed by atoms with Crippen molar-refractivity contribution < 1.29 is 19.3 Å². The first-order valence-corrected chi connectivity index (χ1v) is 6.79. The Morgan fingerprint density at radius 1 is 1.35 bits per heavy atom. The molecule has 2 rings (SSSR count). The van der Waals surface area contributed by atoms with Crippen LogP contribution in [0.2, 0.25) is 0 Å². The van der Waals surface area contributed by atoms with Gasteiger partial charge in [-0.3, -0.25) is 0 Å². The number of aliphatic hydroxyl groups is 1. The van der Waals surface area contributed by atoms with E-state index in [1.807, 2.05) is 18.2 Å². The van der Waals surface area contributed by atoms with Gasteiger partial charge in [-0.15, -0.1) is 0 Å². The Bertz CT molecular complexity index is 481. The molecule has 108 valence electrons. The van der Waals surface area contributed by atoms with E-state index in [4.69, 9.17) is 19.3 Å². The van der Waals surface area contributed by atoms with E-state index in [-0.39, 0.29) is 12.7 Å². The third kappa shape index (κ3) is 4.24. The summed E-state index contributed by atoms with van der Waals surface area (Å²) in [7, 11) is 1.64. The Hall–Kier alpha value is -1.54. The molecule has 4 heteroatoms. The molecular formula is C16H20O4. The van der Waals surface area contributed by atoms with Crippen molar-refractivity contribution in [1.29, 1.82) is 0 Å². The molecule has 0 amide bonds. The summed E-state index contributed by atoms with van der Waals surface area (Å²) in [5.74, 6) is 6.39. The van der Waals surface area contributed by atoms with Crippen molar-refractivity contribution >= 4 is 0 Å². The zero-order chi connectivity index (χ0) is 14.2. The first-order chi connectivity index (χ1) is 9.83. The molecule has 0 saturated carbocycles. The largest absolute Gasteiger partial charge is 0.497 e. The molecule has 1 N–H and O–H groups in total. The van der Waals surface area contributed by atoms with E-state index in [0.29, 0.717) is 6.61 Å². The van der Waals surface area contributed by atoms with Crippen LogP contribution in [0, 0.1) is 11.8 Å². The number of hydrogen-bond donors (Lipinski definition) is 1. The Morgan fingerprint density at radius 3 is 2.85 bits per heavy atom. The highest BCUT2D eigenvalue weighted by atomic mass is 16.5. The minimum atomic E-state index is -0.147. The van der Waals surface area contributed by atoms with Crippen molar-refractivity contribution in [2.75, 3.05) is 26.9 Å². The second-order valence-corrected chi connectivity index (χ2v) is 4.61. The van der Waals surface area contributed by atoms with Crippen LogP contribution in [-0.2, 0) is 16.1 Å². The molecule has 0 radical (unpaired) electrons. The van der Waals surface area contributed by atoms with Crippen molar-refractivity contribution in [3.05, 3.63) is 29.3 Å². The van der Waals surface area contributed by atoms with Gasteiger partial charge in [0.05, 0.1) is 19.8 Å². The molecule has 0 unspecified atom stereocenters. The van der Waals surface area contributed by atoms with Gasteiger partial charge in [-0.25, -0.2) is 0 Å². The molecule has 0 spiro atoms. The summed E-state index contributed by atoms with van der Waals surface area (Å²) in [6, 6.07) is 5.68. The zero-order valence-electron chi connectivity index (χ0n) is 11.7. The van der Waals surface area contributed by atoms with Gasteiger partial charge >= 0.3 is 0 Å². The molecule has 0 atom stereocenters. The Labute approximate surface area is 119 Å². The molecule has 1 aromatic rings. The molecule has 0 aliphatic carbocycles. The second-order valence-electron chi connectivity index (χ2n) is 4.61. The van der Waals surface area contributed by atoms with Crippen LogP contribution in [0.25, 0.3) is 0 Å².